The molecule has 1 heterocycles. The molecule has 0 aliphatic rings. The quantitative estimate of drug-likeness (QED) is 0.901. The molecule has 1 aromatic heterocycles. The summed E-state index contributed by atoms with van der Waals surface area (Å²) in [5.74, 6) is 0. The first kappa shape index (κ1) is 12.3. The fourth-order valence-corrected chi connectivity index (χ4v) is 2.44. The van der Waals surface area contributed by atoms with E-state index in [-0.39, 0.29) is 6.10 Å². The van der Waals surface area contributed by atoms with Gasteiger partial charge in [0.05, 0.1) is 16.8 Å². The average molecular weight is 247 g/mol. The van der Waals surface area contributed by atoms with Crippen LogP contribution in [0.4, 0.5) is 0 Å². The Kier molecular flexibility index (Phi) is 3.92. The molecule has 1 atom stereocenters. The van der Waals surface area contributed by atoms with Gasteiger partial charge in [0.1, 0.15) is 0 Å². The fourth-order valence-electron chi connectivity index (χ4n) is 1.81. The number of aromatic nitrogens is 1. The fraction of sp³-hybridized carbons (Fsp3) is 0.357. The average Bonchev–Trinajstić information content (AvgIpc) is 2.67. The number of thiazole rings is 1. The van der Waals surface area contributed by atoms with Crippen LogP contribution < -0.4 is 0 Å². The lowest BCUT2D eigenvalue weighted by Crippen LogP contribution is -2.14. The third-order valence-electron chi connectivity index (χ3n) is 2.70. The highest BCUT2D eigenvalue weighted by Gasteiger charge is 2.08. The lowest BCUT2D eigenvalue weighted by molar-refractivity contribution is 0.174. The number of rotatable bonds is 4. The molecule has 2 nitrogen and oxygen atoms in total. The molecule has 2 rings (SSSR count). The second kappa shape index (κ2) is 5.43. The minimum absolute atomic E-state index is 0.348. The summed E-state index contributed by atoms with van der Waals surface area (Å²) in [6.45, 7) is 4.05. The predicted octanol–water partition coefficient (Wildman–Crippen LogP) is 2.91. The van der Waals surface area contributed by atoms with Crippen LogP contribution >= 0.6 is 11.3 Å². The standard InChI is InChI=1S/C14H17NOS/c1-10-3-5-12(6-4-10)7-14(16)8-13-9-17-11(2)15-13/h3-6,9,14,16H,7-8H2,1-2H3. The van der Waals surface area contributed by atoms with E-state index in [2.05, 4.69) is 36.2 Å². The molecule has 1 unspecified atom stereocenters. The van der Waals surface area contributed by atoms with Crippen molar-refractivity contribution in [3.05, 3.63) is 51.5 Å². The molecule has 0 aliphatic carbocycles. The minimum Gasteiger partial charge on any atom is -0.392 e. The van der Waals surface area contributed by atoms with Gasteiger partial charge >= 0.3 is 0 Å². The molecule has 0 saturated carbocycles. The zero-order valence-electron chi connectivity index (χ0n) is 10.2. The molecule has 90 valence electrons. The minimum atomic E-state index is -0.348. The first-order valence-corrected chi connectivity index (χ1v) is 6.66. The number of aliphatic hydroxyl groups excluding tert-OH is 1. The summed E-state index contributed by atoms with van der Waals surface area (Å²) in [5, 5.41) is 13.1. The van der Waals surface area contributed by atoms with Gasteiger partial charge < -0.3 is 5.11 Å². The number of aryl methyl sites for hydroxylation is 2. The van der Waals surface area contributed by atoms with E-state index in [1.165, 1.54) is 11.1 Å². The van der Waals surface area contributed by atoms with Crippen molar-refractivity contribution < 1.29 is 5.11 Å². The van der Waals surface area contributed by atoms with Crippen LogP contribution in [-0.2, 0) is 12.8 Å². The highest BCUT2D eigenvalue weighted by Crippen LogP contribution is 2.13. The maximum absolute atomic E-state index is 10.00. The van der Waals surface area contributed by atoms with Crippen LogP contribution in [0, 0.1) is 13.8 Å². The van der Waals surface area contributed by atoms with Crippen LogP contribution in [0.1, 0.15) is 21.8 Å². The van der Waals surface area contributed by atoms with Crippen molar-refractivity contribution in [3.63, 3.8) is 0 Å². The number of aliphatic hydroxyl groups is 1. The maximum Gasteiger partial charge on any atom is 0.0897 e. The molecule has 0 aliphatic heterocycles. The van der Waals surface area contributed by atoms with Crippen molar-refractivity contribution in [1.29, 1.82) is 0 Å². The third-order valence-corrected chi connectivity index (χ3v) is 3.53. The Bertz CT molecular complexity index is 475. The highest BCUT2D eigenvalue weighted by atomic mass is 32.1. The molecule has 0 amide bonds. The molecular formula is C14H17NOS. The van der Waals surface area contributed by atoms with Gasteiger partial charge in [-0.05, 0) is 25.8 Å². The van der Waals surface area contributed by atoms with Gasteiger partial charge in [-0.2, -0.15) is 0 Å². The molecule has 1 aromatic carbocycles. The SMILES string of the molecule is Cc1ccc(CC(O)Cc2csc(C)n2)cc1. The van der Waals surface area contributed by atoms with Gasteiger partial charge in [0.15, 0.2) is 0 Å². The van der Waals surface area contributed by atoms with Crippen LogP contribution in [0.3, 0.4) is 0 Å². The topological polar surface area (TPSA) is 33.1 Å². The van der Waals surface area contributed by atoms with Crippen LogP contribution in [0.5, 0.6) is 0 Å². The summed E-state index contributed by atoms with van der Waals surface area (Å²) < 4.78 is 0. The van der Waals surface area contributed by atoms with Crippen LogP contribution in [0.15, 0.2) is 29.6 Å². The summed E-state index contributed by atoms with van der Waals surface area (Å²) in [4.78, 5) is 4.36. The smallest absolute Gasteiger partial charge is 0.0897 e. The predicted molar refractivity (Wildman–Crippen MR) is 71.4 cm³/mol. The second-order valence-corrected chi connectivity index (χ2v) is 5.47. The van der Waals surface area contributed by atoms with Crippen LogP contribution in [-0.4, -0.2) is 16.2 Å². The van der Waals surface area contributed by atoms with E-state index < -0.39 is 0 Å². The molecule has 3 heteroatoms. The molecule has 0 saturated heterocycles. The van der Waals surface area contributed by atoms with E-state index >= 15 is 0 Å². The molecular weight excluding hydrogens is 230 g/mol. The molecule has 0 radical (unpaired) electrons. The van der Waals surface area contributed by atoms with Gasteiger partial charge in [-0.25, -0.2) is 4.98 Å². The summed E-state index contributed by atoms with van der Waals surface area (Å²) in [5.41, 5.74) is 3.42. The Morgan fingerprint density at radius 2 is 1.88 bits per heavy atom. The Hall–Kier alpha value is -1.19. The molecule has 17 heavy (non-hydrogen) atoms. The third kappa shape index (κ3) is 3.65. The zero-order valence-corrected chi connectivity index (χ0v) is 11.0. The van der Waals surface area contributed by atoms with Gasteiger partial charge in [-0.1, -0.05) is 29.8 Å². The maximum atomic E-state index is 10.00. The van der Waals surface area contributed by atoms with E-state index in [9.17, 15) is 5.11 Å². The summed E-state index contributed by atoms with van der Waals surface area (Å²) >= 11 is 1.63. The zero-order chi connectivity index (χ0) is 12.3. The van der Waals surface area contributed by atoms with Crippen molar-refractivity contribution in [2.24, 2.45) is 0 Å². The monoisotopic (exact) mass is 247 g/mol. The van der Waals surface area contributed by atoms with Crippen molar-refractivity contribution in [2.45, 2.75) is 32.8 Å². The van der Waals surface area contributed by atoms with Gasteiger partial charge in [0, 0.05) is 11.8 Å². The van der Waals surface area contributed by atoms with Crippen molar-refractivity contribution in [3.8, 4) is 0 Å². The van der Waals surface area contributed by atoms with E-state index in [1.807, 2.05) is 12.3 Å². The Morgan fingerprint density at radius 1 is 1.18 bits per heavy atom. The van der Waals surface area contributed by atoms with Gasteiger partial charge in [0.25, 0.3) is 0 Å². The van der Waals surface area contributed by atoms with E-state index in [1.54, 1.807) is 11.3 Å². The second-order valence-electron chi connectivity index (χ2n) is 4.41. The Morgan fingerprint density at radius 3 is 2.47 bits per heavy atom. The van der Waals surface area contributed by atoms with Crippen molar-refractivity contribution in [2.75, 3.05) is 0 Å². The molecule has 0 fully saturated rings. The lowest BCUT2D eigenvalue weighted by Gasteiger charge is -2.09. The summed E-state index contributed by atoms with van der Waals surface area (Å²) in [6.07, 6.45) is 0.980. The Labute approximate surface area is 106 Å². The summed E-state index contributed by atoms with van der Waals surface area (Å²) in [7, 11) is 0. The highest BCUT2D eigenvalue weighted by molar-refractivity contribution is 7.09. The van der Waals surface area contributed by atoms with E-state index in [0.29, 0.717) is 12.8 Å². The molecule has 1 N–H and O–H groups in total. The Balaban J connectivity index is 1.93. The molecule has 2 aromatic rings. The van der Waals surface area contributed by atoms with Gasteiger partial charge in [-0.15, -0.1) is 11.3 Å². The van der Waals surface area contributed by atoms with Gasteiger partial charge in [-0.3, -0.25) is 0 Å². The van der Waals surface area contributed by atoms with Crippen molar-refractivity contribution in [1.82, 2.24) is 4.98 Å². The van der Waals surface area contributed by atoms with Crippen molar-refractivity contribution >= 4 is 11.3 Å². The first-order valence-electron chi connectivity index (χ1n) is 5.78. The normalized spacial score (nSPS) is 12.6. The van der Waals surface area contributed by atoms with E-state index in [0.717, 1.165) is 10.7 Å². The number of hydrogen-bond acceptors (Lipinski definition) is 3. The lowest BCUT2D eigenvalue weighted by atomic mass is 10.0. The summed E-state index contributed by atoms with van der Waals surface area (Å²) in [6, 6.07) is 8.31. The van der Waals surface area contributed by atoms with Crippen LogP contribution in [0.25, 0.3) is 0 Å². The molecule has 0 spiro atoms. The number of benzene rings is 1. The molecule has 0 bridgehead atoms. The van der Waals surface area contributed by atoms with Gasteiger partial charge in [0.2, 0.25) is 0 Å². The number of hydrogen-bond donors (Lipinski definition) is 1. The first-order chi connectivity index (χ1) is 8.13. The number of nitrogens with zero attached hydrogens (tertiary/aromatic N) is 1. The largest absolute Gasteiger partial charge is 0.392 e. The van der Waals surface area contributed by atoms with Crippen LogP contribution in [0.2, 0.25) is 0 Å². The van der Waals surface area contributed by atoms with E-state index in [4.69, 9.17) is 0 Å².